The van der Waals surface area contributed by atoms with Gasteiger partial charge in [0.15, 0.2) is 6.61 Å². The summed E-state index contributed by atoms with van der Waals surface area (Å²) in [5.74, 6) is 0.275. The highest BCUT2D eigenvalue weighted by Crippen LogP contribution is 2.28. The predicted octanol–water partition coefficient (Wildman–Crippen LogP) is 4.10. The lowest BCUT2D eigenvalue weighted by atomic mass is 10.3. The molecule has 0 bridgehead atoms. The van der Waals surface area contributed by atoms with Crippen LogP contribution in [0.2, 0.25) is 10.0 Å². The van der Waals surface area contributed by atoms with E-state index in [0.717, 1.165) is 18.7 Å². The molecule has 5 nitrogen and oxygen atoms in total. The number of halogens is 2. The van der Waals surface area contributed by atoms with Crippen LogP contribution in [0.15, 0.2) is 42.5 Å². The Morgan fingerprint density at radius 2 is 1.88 bits per heavy atom. The van der Waals surface area contributed by atoms with Crippen molar-refractivity contribution >= 4 is 40.8 Å². The van der Waals surface area contributed by atoms with Crippen LogP contribution in [0.4, 0.5) is 5.69 Å². The van der Waals surface area contributed by atoms with E-state index in [-0.39, 0.29) is 23.3 Å². The number of ether oxygens (including phenoxy) is 2. The van der Waals surface area contributed by atoms with Gasteiger partial charge >= 0.3 is 5.97 Å². The van der Waals surface area contributed by atoms with Gasteiger partial charge in [-0.05, 0) is 48.9 Å². The second kappa shape index (κ2) is 7.76. The third kappa shape index (κ3) is 4.44. The zero-order valence-electron chi connectivity index (χ0n) is 13.2. The van der Waals surface area contributed by atoms with E-state index in [4.69, 9.17) is 32.7 Å². The molecule has 1 aliphatic rings. The number of carbonyl (C=O) groups is 2. The van der Waals surface area contributed by atoms with Crippen LogP contribution in [0.5, 0.6) is 11.5 Å². The third-order valence-electron chi connectivity index (χ3n) is 3.70. The fraction of sp³-hybridized carbons (Fsp3) is 0.222. The van der Waals surface area contributed by atoms with Crippen LogP contribution in [0, 0.1) is 0 Å². The molecule has 0 spiro atoms. The molecule has 0 unspecified atom stereocenters. The second-order valence-electron chi connectivity index (χ2n) is 5.48. The molecule has 1 heterocycles. The lowest BCUT2D eigenvalue weighted by Gasteiger charge is -2.16. The van der Waals surface area contributed by atoms with Crippen molar-refractivity contribution in [3.8, 4) is 11.5 Å². The van der Waals surface area contributed by atoms with Gasteiger partial charge < -0.3 is 14.4 Å². The van der Waals surface area contributed by atoms with E-state index in [1.54, 1.807) is 35.2 Å². The van der Waals surface area contributed by atoms with Crippen LogP contribution in [-0.4, -0.2) is 25.0 Å². The summed E-state index contributed by atoms with van der Waals surface area (Å²) in [6.07, 6.45) is 1.45. The van der Waals surface area contributed by atoms with Gasteiger partial charge in [-0.15, -0.1) is 0 Å². The standard InChI is InChI=1S/C18H15Cl2NO4/c19-12-3-8-16(15(20)10-12)25-18(23)11-24-14-6-4-13(5-7-14)21-9-1-2-17(21)22/h3-8,10H,1-2,9,11H2. The molecule has 25 heavy (non-hydrogen) atoms. The highest BCUT2D eigenvalue weighted by molar-refractivity contribution is 6.35. The molecule has 0 saturated carbocycles. The van der Waals surface area contributed by atoms with Crippen LogP contribution in [-0.2, 0) is 9.59 Å². The Morgan fingerprint density at radius 3 is 2.52 bits per heavy atom. The number of carbonyl (C=O) groups excluding carboxylic acids is 2. The summed E-state index contributed by atoms with van der Waals surface area (Å²) in [5, 5.41) is 0.707. The number of amides is 1. The predicted molar refractivity (Wildman–Crippen MR) is 95.6 cm³/mol. The van der Waals surface area contributed by atoms with E-state index < -0.39 is 5.97 Å². The molecule has 0 atom stereocenters. The van der Waals surface area contributed by atoms with Crippen LogP contribution in [0.1, 0.15) is 12.8 Å². The second-order valence-corrected chi connectivity index (χ2v) is 6.32. The summed E-state index contributed by atoms with van der Waals surface area (Å²) in [6, 6.07) is 11.6. The maximum Gasteiger partial charge on any atom is 0.349 e. The zero-order chi connectivity index (χ0) is 17.8. The maximum atomic E-state index is 11.9. The van der Waals surface area contributed by atoms with Crippen LogP contribution in [0.3, 0.4) is 0 Å². The first-order chi connectivity index (χ1) is 12.0. The van der Waals surface area contributed by atoms with Crippen LogP contribution >= 0.6 is 23.2 Å². The molecule has 130 valence electrons. The van der Waals surface area contributed by atoms with Gasteiger partial charge in [0.1, 0.15) is 11.5 Å². The Kier molecular flexibility index (Phi) is 5.46. The van der Waals surface area contributed by atoms with E-state index in [1.165, 1.54) is 12.1 Å². The molecule has 2 aromatic rings. The number of benzene rings is 2. The van der Waals surface area contributed by atoms with E-state index in [9.17, 15) is 9.59 Å². The molecule has 1 saturated heterocycles. The molecule has 1 amide bonds. The number of anilines is 1. The third-order valence-corrected chi connectivity index (χ3v) is 4.23. The smallest absolute Gasteiger partial charge is 0.349 e. The first-order valence-electron chi connectivity index (χ1n) is 7.72. The normalized spacial score (nSPS) is 13.8. The van der Waals surface area contributed by atoms with Gasteiger partial charge in [0, 0.05) is 23.7 Å². The van der Waals surface area contributed by atoms with Gasteiger partial charge in [0.25, 0.3) is 0 Å². The fourth-order valence-corrected chi connectivity index (χ4v) is 2.94. The van der Waals surface area contributed by atoms with Crippen molar-refractivity contribution in [3.63, 3.8) is 0 Å². The minimum absolute atomic E-state index is 0.122. The van der Waals surface area contributed by atoms with Gasteiger partial charge in [-0.3, -0.25) is 4.79 Å². The van der Waals surface area contributed by atoms with Crippen molar-refractivity contribution in [2.45, 2.75) is 12.8 Å². The molecule has 0 aliphatic carbocycles. The Balaban J connectivity index is 1.54. The van der Waals surface area contributed by atoms with E-state index in [2.05, 4.69) is 0 Å². The van der Waals surface area contributed by atoms with Gasteiger partial charge in [-0.25, -0.2) is 4.79 Å². The van der Waals surface area contributed by atoms with Crippen molar-refractivity contribution in [1.29, 1.82) is 0 Å². The van der Waals surface area contributed by atoms with Crippen molar-refractivity contribution in [3.05, 3.63) is 52.5 Å². The molecule has 1 fully saturated rings. The van der Waals surface area contributed by atoms with Crippen molar-refractivity contribution in [2.24, 2.45) is 0 Å². The van der Waals surface area contributed by atoms with Crippen molar-refractivity contribution < 1.29 is 19.1 Å². The summed E-state index contributed by atoms with van der Waals surface area (Å²) >= 11 is 11.7. The average Bonchev–Trinajstić information content (AvgIpc) is 3.02. The van der Waals surface area contributed by atoms with Gasteiger partial charge in [0.2, 0.25) is 5.91 Å². The molecule has 2 aromatic carbocycles. The minimum atomic E-state index is -0.581. The molecule has 7 heteroatoms. The van der Waals surface area contributed by atoms with Gasteiger partial charge in [-0.2, -0.15) is 0 Å². The summed E-state index contributed by atoms with van der Waals surface area (Å²) in [5.41, 5.74) is 0.824. The number of rotatable bonds is 5. The minimum Gasteiger partial charge on any atom is -0.482 e. The number of hydrogen-bond acceptors (Lipinski definition) is 4. The molecular weight excluding hydrogens is 365 g/mol. The SMILES string of the molecule is O=C(COc1ccc(N2CCCC2=O)cc1)Oc1ccc(Cl)cc1Cl. The first kappa shape index (κ1) is 17.6. The highest BCUT2D eigenvalue weighted by Gasteiger charge is 2.21. The van der Waals surface area contributed by atoms with Crippen LogP contribution in [0.25, 0.3) is 0 Å². The molecule has 0 N–H and O–H groups in total. The summed E-state index contributed by atoms with van der Waals surface area (Å²) in [7, 11) is 0. The van der Waals surface area contributed by atoms with Crippen LogP contribution < -0.4 is 14.4 Å². The Morgan fingerprint density at radius 1 is 1.12 bits per heavy atom. The highest BCUT2D eigenvalue weighted by atomic mass is 35.5. The Labute approximate surface area is 155 Å². The Hall–Kier alpha value is -2.24. The van der Waals surface area contributed by atoms with Crippen molar-refractivity contribution in [1.82, 2.24) is 0 Å². The molecule has 1 aliphatic heterocycles. The molecular formula is C18H15Cl2NO4. The summed E-state index contributed by atoms with van der Waals surface area (Å²) in [6.45, 7) is 0.466. The molecule has 0 radical (unpaired) electrons. The number of nitrogens with zero attached hydrogens (tertiary/aromatic N) is 1. The van der Waals surface area contributed by atoms with E-state index in [0.29, 0.717) is 17.2 Å². The zero-order valence-corrected chi connectivity index (χ0v) is 14.7. The van der Waals surface area contributed by atoms with Gasteiger partial charge in [0.05, 0.1) is 5.02 Å². The summed E-state index contributed by atoms with van der Waals surface area (Å²) in [4.78, 5) is 25.3. The summed E-state index contributed by atoms with van der Waals surface area (Å²) < 4.78 is 10.5. The average molecular weight is 380 g/mol. The number of esters is 1. The topological polar surface area (TPSA) is 55.8 Å². The molecule has 0 aromatic heterocycles. The quantitative estimate of drug-likeness (QED) is 0.579. The van der Waals surface area contributed by atoms with E-state index in [1.807, 2.05) is 0 Å². The lowest BCUT2D eigenvalue weighted by molar-refractivity contribution is -0.136. The number of hydrogen-bond donors (Lipinski definition) is 0. The maximum absolute atomic E-state index is 11.9. The molecule has 3 rings (SSSR count). The lowest BCUT2D eigenvalue weighted by Crippen LogP contribution is -2.23. The monoisotopic (exact) mass is 379 g/mol. The fourth-order valence-electron chi connectivity index (χ4n) is 2.50. The Bertz CT molecular complexity index is 792. The van der Waals surface area contributed by atoms with Crippen molar-refractivity contribution in [2.75, 3.05) is 18.1 Å². The van der Waals surface area contributed by atoms with E-state index >= 15 is 0 Å². The largest absolute Gasteiger partial charge is 0.482 e. The first-order valence-corrected chi connectivity index (χ1v) is 8.47. The van der Waals surface area contributed by atoms with Gasteiger partial charge in [-0.1, -0.05) is 23.2 Å².